The summed E-state index contributed by atoms with van der Waals surface area (Å²) in [6, 6.07) is 7.30. The van der Waals surface area contributed by atoms with Crippen molar-refractivity contribution in [3.05, 3.63) is 58.8 Å². The lowest BCUT2D eigenvalue weighted by Crippen LogP contribution is -2.33. The summed E-state index contributed by atoms with van der Waals surface area (Å²) in [6.07, 6.45) is 8.23. The molecule has 130 valence electrons. The molecule has 1 saturated heterocycles. The highest BCUT2D eigenvalue weighted by Gasteiger charge is 2.35. The molecule has 0 unspecified atom stereocenters. The summed E-state index contributed by atoms with van der Waals surface area (Å²) < 4.78 is 1.57. The fourth-order valence-corrected chi connectivity index (χ4v) is 3.90. The molecule has 25 heavy (non-hydrogen) atoms. The molecule has 6 heteroatoms. The third kappa shape index (κ3) is 2.88. The zero-order chi connectivity index (χ0) is 17.4. The Morgan fingerprint density at radius 3 is 2.48 bits per heavy atom. The zero-order valence-corrected chi connectivity index (χ0v) is 14.2. The summed E-state index contributed by atoms with van der Waals surface area (Å²) in [5.74, 6) is 1.14. The number of aromatic nitrogens is 2. The van der Waals surface area contributed by atoms with Crippen LogP contribution in [0.4, 0.5) is 10.5 Å². The van der Waals surface area contributed by atoms with Gasteiger partial charge in [0.05, 0.1) is 11.4 Å². The number of aryl methyl sites for hydroxylation is 1. The molecule has 2 atom stereocenters. The Balaban J connectivity index is 1.56. The van der Waals surface area contributed by atoms with Gasteiger partial charge in [-0.3, -0.25) is 4.57 Å². The molecular weight excluding hydrogens is 316 g/mol. The van der Waals surface area contributed by atoms with Gasteiger partial charge in [-0.05, 0) is 43.7 Å². The molecule has 1 aromatic heterocycles. The lowest BCUT2D eigenvalue weighted by molar-refractivity contribution is 0.220. The highest BCUT2D eigenvalue weighted by atomic mass is 16.2. The van der Waals surface area contributed by atoms with Gasteiger partial charge < -0.3 is 15.2 Å². The van der Waals surface area contributed by atoms with Crippen molar-refractivity contribution in [1.82, 2.24) is 14.5 Å². The van der Waals surface area contributed by atoms with Crippen molar-refractivity contribution in [3.8, 4) is 5.69 Å². The largest absolute Gasteiger partial charge is 0.330 e. The number of hydrogen-bond donors (Lipinski definition) is 2. The van der Waals surface area contributed by atoms with Gasteiger partial charge in [-0.1, -0.05) is 24.3 Å². The predicted molar refractivity (Wildman–Crippen MR) is 97.1 cm³/mol. The monoisotopic (exact) mass is 338 g/mol. The Hall–Kier alpha value is -2.76. The zero-order valence-electron chi connectivity index (χ0n) is 14.2. The summed E-state index contributed by atoms with van der Waals surface area (Å²) in [5.41, 5.74) is 1.91. The third-order valence-electron chi connectivity index (χ3n) is 5.25. The molecule has 1 aromatic carbocycles. The van der Waals surface area contributed by atoms with E-state index in [9.17, 15) is 9.59 Å². The number of nitrogens with one attached hydrogen (secondary N) is 2. The van der Waals surface area contributed by atoms with Crippen molar-refractivity contribution in [2.75, 3.05) is 18.4 Å². The quantitative estimate of drug-likeness (QED) is 0.827. The van der Waals surface area contributed by atoms with Crippen LogP contribution in [0.2, 0.25) is 0 Å². The summed E-state index contributed by atoms with van der Waals surface area (Å²) in [5, 5.41) is 3.00. The van der Waals surface area contributed by atoms with Crippen molar-refractivity contribution >= 4 is 11.7 Å². The van der Waals surface area contributed by atoms with Crippen molar-refractivity contribution in [2.45, 2.75) is 19.8 Å². The number of aromatic amines is 1. The first-order valence-electron chi connectivity index (χ1n) is 8.71. The lowest BCUT2D eigenvalue weighted by atomic mass is 9.86. The van der Waals surface area contributed by atoms with Crippen LogP contribution in [0.5, 0.6) is 0 Å². The number of H-pyrrole nitrogens is 1. The van der Waals surface area contributed by atoms with Gasteiger partial charge in [0.1, 0.15) is 0 Å². The number of urea groups is 1. The normalized spacial score (nSPS) is 22.0. The molecule has 2 aromatic rings. The molecule has 0 spiro atoms. The van der Waals surface area contributed by atoms with Crippen LogP contribution in [-0.4, -0.2) is 33.6 Å². The van der Waals surface area contributed by atoms with E-state index in [1.54, 1.807) is 10.8 Å². The number of rotatable bonds is 2. The average Bonchev–Trinajstić information content (AvgIpc) is 3.19. The van der Waals surface area contributed by atoms with Gasteiger partial charge in [0.15, 0.2) is 0 Å². The van der Waals surface area contributed by atoms with Crippen LogP contribution in [0.15, 0.2) is 47.4 Å². The summed E-state index contributed by atoms with van der Waals surface area (Å²) in [4.78, 5) is 29.4. The van der Waals surface area contributed by atoms with Gasteiger partial charge in [0.2, 0.25) is 0 Å². The number of carbonyl (C=O) groups excluding carboxylic acids is 1. The van der Waals surface area contributed by atoms with E-state index in [1.165, 1.54) is 0 Å². The molecule has 2 amide bonds. The number of nitrogens with zero attached hydrogens (tertiary/aromatic N) is 2. The van der Waals surface area contributed by atoms with E-state index in [2.05, 4.69) is 22.5 Å². The van der Waals surface area contributed by atoms with Crippen molar-refractivity contribution in [2.24, 2.45) is 11.8 Å². The minimum Gasteiger partial charge on any atom is -0.324 e. The molecule has 2 heterocycles. The summed E-state index contributed by atoms with van der Waals surface area (Å²) in [7, 11) is 0. The van der Waals surface area contributed by atoms with Gasteiger partial charge in [0.25, 0.3) is 0 Å². The smallest absolute Gasteiger partial charge is 0.324 e. The van der Waals surface area contributed by atoms with E-state index >= 15 is 0 Å². The van der Waals surface area contributed by atoms with Crippen LogP contribution >= 0.6 is 0 Å². The fourth-order valence-electron chi connectivity index (χ4n) is 3.90. The van der Waals surface area contributed by atoms with Gasteiger partial charge in [-0.2, -0.15) is 0 Å². The molecule has 1 aliphatic heterocycles. The average molecular weight is 338 g/mol. The van der Waals surface area contributed by atoms with E-state index in [0.717, 1.165) is 31.6 Å². The van der Waals surface area contributed by atoms with Crippen molar-refractivity contribution in [1.29, 1.82) is 0 Å². The third-order valence-corrected chi connectivity index (χ3v) is 5.25. The number of carbonyl (C=O) groups is 1. The summed E-state index contributed by atoms with van der Waals surface area (Å²) >= 11 is 0. The number of benzene rings is 1. The molecular formula is C19H22N4O2. The van der Waals surface area contributed by atoms with Crippen LogP contribution < -0.4 is 11.0 Å². The first-order chi connectivity index (χ1) is 12.1. The first kappa shape index (κ1) is 15.7. The topological polar surface area (TPSA) is 70.1 Å². The molecule has 2 N–H and O–H groups in total. The van der Waals surface area contributed by atoms with E-state index < -0.39 is 0 Å². The molecule has 1 aliphatic carbocycles. The predicted octanol–water partition coefficient (Wildman–Crippen LogP) is 2.90. The number of para-hydroxylation sites is 2. The molecule has 0 saturated carbocycles. The second-order valence-corrected chi connectivity index (χ2v) is 6.89. The van der Waals surface area contributed by atoms with Crippen molar-refractivity contribution in [3.63, 3.8) is 0 Å². The number of likely N-dealkylation sites (tertiary alicyclic amines) is 1. The van der Waals surface area contributed by atoms with Gasteiger partial charge in [-0.15, -0.1) is 0 Å². The number of anilines is 1. The van der Waals surface area contributed by atoms with Gasteiger partial charge in [-0.25, -0.2) is 9.59 Å². The van der Waals surface area contributed by atoms with E-state index in [1.807, 2.05) is 36.1 Å². The number of hydrogen-bond acceptors (Lipinski definition) is 2. The van der Waals surface area contributed by atoms with Crippen LogP contribution in [0.1, 0.15) is 18.5 Å². The highest BCUT2D eigenvalue weighted by Crippen LogP contribution is 2.33. The molecule has 1 fully saturated rings. The highest BCUT2D eigenvalue weighted by molar-refractivity contribution is 5.91. The van der Waals surface area contributed by atoms with Gasteiger partial charge in [0, 0.05) is 25.0 Å². The number of fused-ring (bicyclic) bond motifs is 1. The van der Waals surface area contributed by atoms with Crippen LogP contribution in [0, 0.1) is 18.8 Å². The maximum absolute atomic E-state index is 12.7. The Morgan fingerprint density at radius 2 is 1.84 bits per heavy atom. The standard InChI is InChI=1S/C19H22N4O2/c1-13-10-20-18(24)23(13)17-9-5-4-8-16(17)21-19(25)22-11-14-6-2-3-7-15(14)12-22/h2-5,8-10,14-15H,6-7,11-12H2,1H3,(H,20,24)(H,21,25)/t14-,15+. The van der Waals surface area contributed by atoms with E-state index in [-0.39, 0.29) is 11.7 Å². The second-order valence-electron chi connectivity index (χ2n) is 6.89. The Kier molecular flexibility index (Phi) is 3.95. The van der Waals surface area contributed by atoms with E-state index in [4.69, 9.17) is 0 Å². The minimum atomic E-state index is -0.211. The fraction of sp³-hybridized carbons (Fsp3) is 0.368. The Morgan fingerprint density at radius 1 is 1.16 bits per heavy atom. The SMILES string of the molecule is Cc1c[nH]c(=O)n1-c1ccccc1NC(=O)N1C[C@H]2CC=CC[C@H]2C1. The first-order valence-corrected chi connectivity index (χ1v) is 8.71. The maximum atomic E-state index is 12.7. The number of allylic oxidation sites excluding steroid dienone is 2. The Bertz CT molecular complexity index is 864. The van der Waals surface area contributed by atoms with Crippen LogP contribution in [-0.2, 0) is 0 Å². The molecule has 4 rings (SSSR count). The molecule has 0 radical (unpaired) electrons. The maximum Gasteiger partial charge on any atom is 0.330 e. The summed E-state index contributed by atoms with van der Waals surface area (Å²) in [6.45, 7) is 3.45. The Labute approximate surface area is 146 Å². The second kappa shape index (κ2) is 6.27. The molecule has 0 bridgehead atoms. The molecule has 6 nitrogen and oxygen atoms in total. The van der Waals surface area contributed by atoms with Crippen LogP contribution in [0.25, 0.3) is 5.69 Å². The lowest BCUT2D eigenvalue weighted by Gasteiger charge is -2.19. The van der Waals surface area contributed by atoms with Crippen LogP contribution in [0.3, 0.4) is 0 Å². The number of amides is 2. The van der Waals surface area contributed by atoms with E-state index in [0.29, 0.717) is 23.2 Å². The molecule has 2 aliphatic rings. The minimum absolute atomic E-state index is 0.0944. The van der Waals surface area contributed by atoms with Gasteiger partial charge >= 0.3 is 11.7 Å². The number of imidazole rings is 1. The van der Waals surface area contributed by atoms with Crippen molar-refractivity contribution < 1.29 is 4.79 Å².